The summed E-state index contributed by atoms with van der Waals surface area (Å²) < 4.78 is 4.51. The van der Waals surface area contributed by atoms with Crippen LogP contribution in [0.15, 0.2) is 0 Å². The Morgan fingerprint density at radius 1 is 1.39 bits per heavy atom. The first-order valence-electron chi connectivity index (χ1n) is 5.44. The molecule has 0 rings (SSSR count). The summed E-state index contributed by atoms with van der Waals surface area (Å²) in [5, 5.41) is 10.1. The maximum absolute atomic E-state index is 11.5. The second-order valence-corrected chi connectivity index (χ2v) is 7.55. The lowest BCUT2D eigenvalue weighted by atomic mass is 10.1. The van der Waals surface area contributed by atoms with Crippen LogP contribution < -0.4 is 5.32 Å². The molecule has 2 unspecified atom stereocenters. The van der Waals surface area contributed by atoms with Gasteiger partial charge < -0.3 is 29.6 Å². The molecule has 0 bridgehead atoms. The Morgan fingerprint density at radius 3 is 2.33 bits per heavy atom. The first-order chi connectivity index (χ1) is 8.24. The predicted molar refractivity (Wildman–Crippen MR) is 69.5 cm³/mol. The Bertz CT molecular complexity index is 265. The monoisotopic (exact) mass is 301 g/mol. The second kappa shape index (κ2) is 8.33. The summed E-state index contributed by atoms with van der Waals surface area (Å²) in [6, 6.07) is 0. The maximum Gasteiger partial charge on any atom is 0.224 e. The van der Waals surface area contributed by atoms with Gasteiger partial charge in [0.15, 0.2) is 0 Å². The Morgan fingerprint density at radius 2 is 1.94 bits per heavy atom. The molecule has 1 amide bonds. The smallest absolute Gasteiger partial charge is 0.224 e. The number of aliphatic hydroxyl groups is 1. The third-order valence-corrected chi connectivity index (χ3v) is 5.21. The number of nitrogens with one attached hydrogen (secondary N) is 1. The highest BCUT2D eigenvalue weighted by molar-refractivity contribution is 7.66. The highest BCUT2D eigenvalue weighted by atomic mass is 31.2. The van der Waals surface area contributed by atoms with Crippen molar-refractivity contribution in [2.24, 2.45) is 5.92 Å². The van der Waals surface area contributed by atoms with Crippen LogP contribution >= 0.6 is 16.8 Å². The summed E-state index contributed by atoms with van der Waals surface area (Å²) in [5.74, 6) is -0.140. The third-order valence-electron chi connectivity index (χ3n) is 2.24. The van der Waals surface area contributed by atoms with Crippen LogP contribution in [0.4, 0.5) is 0 Å². The van der Waals surface area contributed by atoms with E-state index in [9.17, 15) is 14.8 Å². The molecule has 108 valence electrons. The van der Waals surface area contributed by atoms with E-state index in [0.29, 0.717) is 12.5 Å². The van der Waals surface area contributed by atoms with E-state index < -0.39 is 34.2 Å². The van der Waals surface area contributed by atoms with E-state index in [0.717, 1.165) is 13.5 Å². The van der Waals surface area contributed by atoms with Gasteiger partial charge in [-0.15, -0.1) is 0 Å². The lowest BCUT2D eigenvalue weighted by Gasteiger charge is -2.30. The molecule has 5 N–H and O–H groups in total. The number of hydrogen-bond acceptors (Lipinski definition) is 6. The van der Waals surface area contributed by atoms with E-state index >= 15 is 0 Å². The molecule has 18 heavy (non-hydrogen) atoms. The van der Waals surface area contributed by atoms with Crippen molar-refractivity contribution in [1.82, 2.24) is 5.32 Å². The highest BCUT2D eigenvalue weighted by Crippen LogP contribution is 2.61. The van der Waals surface area contributed by atoms with E-state index in [-0.39, 0.29) is 0 Å². The van der Waals surface area contributed by atoms with Crippen LogP contribution in [-0.4, -0.2) is 44.4 Å². The largest absolute Gasteiger partial charge is 0.372 e. The van der Waals surface area contributed by atoms with Gasteiger partial charge in [-0.3, -0.25) is 4.79 Å². The van der Waals surface area contributed by atoms with Crippen molar-refractivity contribution in [2.75, 3.05) is 13.7 Å². The summed E-state index contributed by atoms with van der Waals surface area (Å²) in [6.45, 7) is 4.43. The maximum atomic E-state index is 11.5. The van der Waals surface area contributed by atoms with Crippen molar-refractivity contribution in [3.05, 3.63) is 0 Å². The van der Waals surface area contributed by atoms with E-state index in [1.165, 1.54) is 0 Å². The number of hydrogen-bond donors (Lipinski definition) is 5. The molecule has 0 aliphatic heterocycles. The topological polar surface area (TPSA) is 119 Å². The SMILES string of the molecule is COP(O)C(O)(CC(=O)NCCC(C)C)P(O)O. The van der Waals surface area contributed by atoms with Gasteiger partial charge in [0.2, 0.25) is 27.7 Å². The van der Waals surface area contributed by atoms with Gasteiger partial charge in [-0.2, -0.15) is 0 Å². The minimum Gasteiger partial charge on any atom is -0.372 e. The number of carbonyl (C=O) groups is 1. The Hall–Kier alpha value is 0.130. The summed E-state index contributed by atoms with van der Waals surface area (Å²) in [5.41, 5.74) is 0. The standard InChI is InChI=1S/C9H21NO6P2/c1-7(2)4-5-10-8(11)6-9(12,17(13)14)18(15)16-3/h7,12-15H,4-6H2,1-3H3,(H,10,11). The first-order valence-corrected chi connectivity index (χ1v) is 7.90. The predicted octanol–water partition coefficient (Wildman–Crippen LogP) is 0.432. The van der Waals surface area contributed by atoms with Crippen LogP contribution in [0.1, 0.15) is 26.7 Å². The van der Waals surface area contributed by atoms with Crippen LogP contribution in [-0.2, 0) is 9.32 Å². The minimum atomic E-state index is -2.90. The van der Waals surface area contributed by atoms with Crippen LogP contribution in [0, 0.1) is 5.92 Å². The van der Waals surface area contributed by atoms with E-state index in [1.807, 2.05) is 13.8 Å². The molecule has 2 atom stereocenters. The van der Waals surface area contributed by atoms with Crippen LogP contribution in [0.25, 0.3) is 0 Å². The van der Waals surface area contributed by atoms with Crippen molar-refractivity contribution < 1.29 is 29.1 Å². The first kappa shape index (κ1) is 18.1. The molecule has 7 nitrogen and oxygen atoms in total. The van der Waals surface area contributed by atoms with E-state index in [4.69, 9.17) is 9.79 Å². The van der Waals surface area contributed by atoms with Gasteiger partial charge in [0.25, 0.3) is 0 Å². The van der Waals surface area contributed by atoms with Gasteiger partial charge in [0, 0.05) is 13.7 Å². The van der Waals surface area contributed by atoms with Crippen LogP contribution in [0.5, 0.6) is 0 Å². The van der Waals surface area contributed by atoms with Crippen molar-refractivity contribution in [3.8, 4) is 0 Å². The molecule has 0 spiro atoms. The van der Waals surface area contributed by atoms with Crippen molar-refractivity contribution in [3.63, 3.8) is 0 Å². The highest BCUT2D eigenvalue weighted by Gasteiger charge is 2.47. The van der Waals surface area contributed by atoms with Gasteiger partial charge in [-0.1, -0.05) is 13.8 Å². The molecule has 0 aliphatic rings. The van der Waals surface area contributed by atoms with Gasteiger partial charge in [0.05, 0.1) is 6.42 Å². The van der Waals surface area contributed by atoms with Crippen LogP contribution in [0.2, 0.25) is 0 Å². The van der Waals surface area contributed by atoms with E-state index in [1.54, 1.807) is 0 Å². The number of carbonyl (C=O) groups excluding carboxylic acids is 1. The summed E-state index contributed by atoms with van der Waals surface area (Å²) in [7, 11) is -4.29. The average molecular weight is 301 g/mol. The Labute approximate surface area is 109 Å². The van der Waals surface area contributed by atoms with Gasteiger partial charge in [-0.05, 0) is 12.3 Å². The quantitative estimate of drug-likeness (QED) is 0.415. The molecule has 0 radical (unpaired) electrons. The Balaban J connectivity index is 4.38. The van der Waals surface area contributed by atoms with Gasteiger partial charge >= 0.3 is 0 Å². The molecule has 0 aliphatic carbocycles. The fraction of sp³-hybridized carbons (Fsp3) is 0.889. The lowest BCUT2D eigenvalue weighted by Crippen LogP contribution is -2.35. The Kier molecular flexibility index (Phi) is 8.39. The van der Waals surface area contributed by atoms with Gasteiger partial charge in [-0.25, -0.2) is 0 Å². The summed E-state index contributed by atoms with van der Waals surface area (Å²) in [6.07, 6.45) is 0.162. The fourth-order valence-electron chi connectivity index (χ4n) is 1.14. The molecule has 0 aromatic rings. The molecule has 0 saturated heterocycles. The molecule has 0 aromatic heterocycles. The molecule has 0 heterocycles. The minimum absolute atomic E-state index is 0.422. The molecule has 9 heteroatoms. The zero-order valence-corrected chi connectivity index (χ0v) is 12.5. The normalized spacial score (nSPS) is 16.7. The van der Waals surface area contributed by atoms with Crippen molar-refractivity contribution in [2.45, 2.75) is 31.8 Å². The molecule has 0 aromatic carbocycles. The van der Waals surface area contributed by atoms with Crippen molar-refractivity contribution in [1.29, 1.82) is 0 Å². The molecular weight excluding hydrogens is 280 g/mol. The second-order valence-electron chi connectivity index (χ2n) is 4.23. The average Bonchev–Trinajstić information content (AvgIpc) is 2.26. The summed E-state index contributed by atoms with van der Waals surface area (Å²) in [4.78, 5) is 39.1. The van der Waals surface area contributed by atoms with Gasteiger partial charge in [0.1, 0.15) is 0 Å². The molecule has 0 fully saturated rings. The van der Waals surface area contributed by atoms with E-state index in [2.05, 4.69) is 9.84 Å². The number of amides is 1. The third kappa shape index (κ3) is 5.85. The molecular formula is C9H21NO6P2. The number of rotatable bonds is 8. The molecule has 0 saturated carbocycles. The lowest BCUT2D eigenvalue weighted by molar-refractivity contribution is -0.122. The van der Waals surface area contributed by atoms with Crippen molar-refractivity contribution >= 4 is 22.7 Å². The summed E-state index contributed by atoms with van der Waals surface area (Å²) >= 11 is 0. The van der Waals surface area contributed by atoms with Crippen LogP contribution in [0.3, 0.4) is 0 Å². The zero-order valence-electron chi connectivity index (χ0n) is 10.7. The zero-order chi connectivity index (χ0) is 14.3. The fourth-order valence-corrected chi connectivity index (χ4v) is 2.85.